The zero-order valence-corrected chi connectivity index (χ0v) is 17.6. The van der Waals surface area contributed by atoms with Crippen molar-refractivity contribution in [3.63, 3.8) is 0 Å². The molecule has 0 radical (unpaired) electrons. The smallest absolute Gasteiger partial charge is 0.302 e. The van der Waals surface area contributed by atoms with E-state index in [1.165, 1.54) is 6.92 Å². The number of esters is 1. The Labute approximate surface area is 162 Å². The highest BCUT2D eigenvalue weighted by Gasteiger charge is 2.57. The van der Waals surface area contributed by atoms with E-state index in [0.29, 0.717) is 0 Å². The van der Waals surface area contributed by atoms with E-state index in [2.05, 4.69) is 26.0 Å². The van der Waals surface area contributed by atoms with Crippen molar-refractivity contribution in [1.29, 1.82) is 5.26 Å². The number of fused-ring (bicyclic) bond motifs is 1. The molecular formula is C21H33NO5. The van der Waals surface area contributed by atoms with Crippen LogP contribution in [0.15, 0.2) is 11.6 Å². The van der Waals surface area contributed by atoms with Gasteiger partial charge in [-0.05, 0) is 37.2 Å². The summed E-state index contributed by atoms with van der Waals surface area (Å²) in [6, 6.07) is 2.60. The Bertz CT molecular complexity index is 627. The first kappa shape index (κ1) is 21.9. The predicted molar refractivity (Wildman–Crippen MR) is 101 cm³/mol. The van der Waals surface area contributed by atoms with Gasteiger partial charge in [-0.1, -0.05) is 19.9 Å². The molecule has 1 saturated carbocycles. The van der Waals surface area contributed by atoms with Crippen LogP contribution in [0.4, 0.5) is 0 Å². The molecule has 6 heteroatoms. The van der Waals surface area contributed by atoms with E-state index in [-0.39, 0.29) is 42.5 Å². The first-order chi connectivity index (χ1) is 12.7. The van der Waals surface area contributed by atoms with Crippen LogP contribution in [0, 0.1) is 34.5 Å². The normalized spacial score (nSPS) is 38.1. The highest BCUT2D eigenvalue weighted by Crippen LogP contribution is 2.55. The van der Waals surface area contributed by atoms with Gasteiger partial charge < -0.3 is 18.9 Å². The number of rotatable bonds is 6. The fourth-order valence-electron chi connectivity index (χ4n) is 5.21. The van der Waals surface area contributed by atoms with Gasteiger partial charge in [0.15, 0.2) is 0 Å². The summed E-state index contributed by atoms with van der Waals surface area (Å²) in [7, 11) is 4.99. The van der Waals surface area contributed by atoms with Gasteiger partial charge in [-0.3, -0.25) is 4.79 Å². The number of nitrogens with zero attached hydrogens (tertiary/aromatic N) is 1. The summed E-state index contributed by atoms with van der Waals surface area (Å²) >= 11 is 0. The third kappa shape index (κ3) is 3.91. The van der Waals surface area contributed by atoms with Gasteiger partial charge in [0, 0.05) is 34.2 Å². The Kier molecular flexibility index (Phi) is 6.72. The molecule has 0 bridgehead atoms. The summed E-state index contributed by atoms with van der Waals surface area (Å²) in [4.78, 5) is 11.4. The number of nitriles is 1. The fourth-order valence-corrected chi connectivity index (χ4v) is 5.21. The molecule has 0 aliphatic heterocycles. The van der Waals surface area contributed by atoms with E-state index in [9.17, 15) is 10.1 Å². The second kappa shape index (κ2) is 8.30. The van der Waals surface area contributed by atoms with Crippen LogP contribution in [-0.2, 0) is 23.7 Å². The topological polar surface area (TPSA) is 77.8 Å². The van der Waals surface area contributed by atoms with Crippen molar-refractivity contribution in [2.24, 2.45) is 23.2 Å². The molecule has 7 atom stereocenters. The van der Waals surface area contributed by atoms with Gasteiger partial charge in [-0.2, -0.15) is 5.26 Å². The maximum atomic E-state index is 11.4. The van der Waals surface area contributed by atoms with Crippen LogP contribution in [-0.4, -0.2) is 51.7 Å². The Morgan fingerprint density at radius 2 is 1.89 bits per heavy atom. The minimum atomic E-state index is -0.722. The average molecular weight is 379 g/mol. The van der Waals surface area contributed by atoms with Crippen molar-refractivity contribution in [3.8, 4) is 6.07 Å². The molecule has 0 amide bonds. The summed E-state index contributed by atoms with van der Waals surface area (Å²) in [6.45, 7) is 7.74. The Balaban J connectivity index is 2.50. The lowest BCUT2D eigenvalue weighted by molar-refractivity contribution is -0.171. The van der Waals surface area contributed by atoms with Crippen LogP contribution < -0.4 is 0 Å². The van der Waals surface area contributed by atoms with Crippen LogP contribution in [0.3, 0.4) is 0 Å². The zero-order valence-electron chi connectivity index (χ0n) is 17.6. The molecule has 152 valence electrons. The quantitative estimate of drug-likeness (QED) is 0.521. The molecule has 1 fully saturated rings. The van der Waals surface area contributed by atoms with E-state index < -0.39 is 11.0 Å². The molecule has 0 aromatic rings. The van der Waals surface area contributed by atoms with E-state index in [4.69, 9.17) is 18.9 Å². The van der Waals surface area contributed by atoms with Crippen LogP contribution in [0.1, 0.15) is 40.5 Å². The van der Waals surface area contributed by atoms with Crippen molar-refractivity contribution < 1.29 is 23.7 Å². The first-order valence-electron chi connectivity index (χ1n) is 9.55. The number of hydrogen-bond acceptors (Lipinski definition) is 6. The van der Waals surface area contributed by atoms with Crippen LogP contribution >= 0.6 is 0 Å². The maximum absolute atomic E-state index is 11.4. The molecule has 6 nitrogen and oxygen atoms in total. The van der Waals surface area contributed by atoms with Crippen molar-refractivity contribution in [3.05, 3.63) is 11.6 Å². The van der Waals surface area contributed by atoms with Gasteiger partial charge in [0.05, 0.1) is 23.7 Å². The highest BCUT2D eigenvalue weighted by molar-refractivity contribution is 5.66. The summed E-state index contributed by atoms with van der Waals surface area (Å²) in [5, 5.41) is 10.1. The summed E-state index contributed by atoms with van der Waals surface area (Å²) < 4.78 is 22.8. The predicted octanol–water partition coefficient (Wildman–Crippen LogP) is 3.12. The van der Waals surface area contributed by atoms with Crippen molar-refractivity contribution in [2.75, 3.05) is 27.9 Å². The molecule has 27 heavy (non-hydrogen) atoms. The molecule has 0 N–H and O–H groups in total. The Hall–Kier alpha value is -1.42. The molecule has 0 unspecified atom stereocenters. The maximum Gasteiger partial charge on any atom is 0.302 e. The molecule has 2 aliphatic rings. The SMILES string of the molecule is CO[C@@H]1C=C2[C@H](OC)[C@H]([C@](C)(COC(C)=O)OC)[C@@H](C)C[C@]2(C#N)C[C@H]1C. The van der Waals surface area contributed by atoms with Gasteiger partial charge in [-0.15, -0.1) is 0 Å². The lowest BCUT2D eigenvalue weighted by Crippen LogP contribution is -2.57. The minimum Gasteiger partial charge on any atom is -0.463 e. The number of carbonyl (C=O) groups excluding carboxylic acids is 1. The first-order valence-corrected chi connectivity index (χ1v) is 9.55. The number of ether oxygens (including phenoxy) is 4. The van der Waals surface area contributed by atoms with E-state index in [1.54, 1.807) is 21.3 Å². The standard InChI is InChI=1S/C21H33NO5/c1-13-9-21(11-22)10-14(2)18(20(4,26-7)12-27-15(3)23)19(25-6)16(21)8-17(13)24-5/h8,13-14,17-19H,9-10,12H2,1-7H3/t13-,14+,17-,18-,19+,20+,21+/m1/s1. The van der Waals surface area contributed by atoms with E-state index >= 15 is 0 Å². The molecule has 0 aromatic heterocycles. The molecular weight excluding hydrogens is 346 g/mol. The lowest BCUT2D eigenvalue weighted by Gasteiger charge is -2.54. The van der Waals surface area contributed by atoms with Gasteiger partial charge in [-0.25, -0.2) is 0 Å². The molecule has 0 aromatic carbocycles. The summed E-state index contributed by atoms with van der Waals surface area (Å²) in [5.74, 6) is 0.00535. The highest BCUT2D eigenvalue weighted by atomic mass is 16.6. The van der Waals surface area contributed by atoms with E-state index in [1.807, 2.05) is 6.92 Å². The largest absolute Gasteiger partial charge is 0.463 e. The Morgan fingerprint density at radius 1 is 1.26 bits per heavy atom. The number of hydrogen-bond donors (Lipinski definition) is 0. The van der Waals surface area contributed by atoms with Gasteiger partial charge >= 0.3 is 5.97 Å². The van der Waals surface area contributed by atoms with E-state index in [0.717, 1.165) is 18.4 Å². The molecule has 0 saturated heterocycles. The molecule has 0 spiro atoms. The van der Waals surface area contributed by atoms with Crippen LogP contribution in [0.25, 0.3) is 0 Å². The third-order valence-corrected chi connectivity index (χ3v) is 6.52. The third-order valence-electron chi connectivity index (χ3n) is 6.52. The lowest BCUT2D eigenvalue weighted by atomic mass is 9.54. The molecule has 2 aliphatic carbocycles. The fraction of sp³-hybridized carbons (Fsp3) is 0.810. The van der Waals surface area contributed by atoms with Crippen LogP contribution in [0.5, 0.6) is 0 Å². The zero-order chi connectivity index (χ0) is 20.4. The van der Waals surface area contributed by atoms with Gasteiger partial charge in [0.25, 0.3) is 0 Å². The monoisotopic (exact) mass is 379 g/mol. The summed E-state index contributed by atoms with van der Waals surface area (Å²) in [5.41, 5.74) is -0.298. The number of methoxy groups -OCH3 is 3. The second-order valence-corrected chi connectivity index (χ2v) is 8.36. The van der Waals surface area contributed by atoms with Crippen LogP contribution in [0.2, 0.25) is 0 Å². The second-order valence-electron chi connectivity index (χ2n) is 8.36. The number of carbonyl (C=O) groups is 1. The average Bonchev–Trinajstić information content (AvgIpc) is 2.64. The van der Waals surface area contributed by atoms with Gasteiger partial charge in [0.1, 0.15) is 12.2 Å². The summed E-state index contributed by atoms with van der Waals surface area (Å²) in [6.07, 6.45) is 3.19. The molecule has 0 heterocycles. The minimum absolute atomic E-state index is 0.0459. The molecule has 2 rings (SSSR count). The van der Waals surface area contributed by atoms with Crippen molar-refractivity contribution >= 4 is 5.97 Å². The van der Waals surface area contributed by atoms with Gasteiger partial charge in [0.2, 0.25) is 0 Å². The van der Waals surface area contributed by atoms with Crippen molar-refractivity contribution in [2.45, 2.75) is 58.3 Å². The Morgan fingerprint density at radius 3 is 2.37 bits per heavy atom. The van der Waals surface area contributed by atoms with Crippen molar-refractivity contribution in [1.82, 2.24) is 0 Å².